The summed E-state index contributed by atoms with van der Waals surface area (Å²) in [5, 5.41) is 0. The van der Waals surface area contributed by atoms with Gasteiger partial charge in [-0.15, -0.1) is 0 Å². The molecule has 8 heteroatoms. The number of aromatic nitrogens is 4. The highest BCUT2D eigenvalue weighted by molar-refractivity contribution is 7.84. The molecule has 0 spiro atoms. The van der Waals surface area contributed by atoms with Gasteiger partial charge in [0.25, 0.3) is 0 Å². The molecule has 0 N–H and O–H groups in total. The molecule has 0 saturated heterocycles. The van der Waals surface area contributed by atoms with Crippen molar-refractivity contribution in [2.75, 3.05) is 24.7 Å². The molecule has 2 aromatic heterocycles. The van der Waals surface area contributed by atoms with Gasteiger partial charge < -0.3 is 18.6 Å². The SMILES string of the molecule is O=S(CCCOc1ccccc1-n1ccnc1)CCCOc1ccccc1-n1ccnc1. The normalized spacial score (nSPS) is 11.0. The molecule has 0 aliphatic rings. The zero-order valence-electron chi connectivity index (χ0n) is 17.7. The van der Waals surface area contributed by atoms with Crippen LogP contribution in [0.3, 0.4) is 0 Å². The molecule has 32 heavy (non-hydrogen) atoms. The van der Waals surface area contributed by atoms with E-state index >= 15 is 0 Å². The van der Waals surface area contributed by atoms with Crippen LogP contribution in [0.1, 0.15) is 12.8 Å². The van der Waals surface area contributed by atoms with Gasteiger partial charge in [0.05, 0.1) is 37.2 Å². The lowest BCUT2D eigenvalue weighted by Crippen LogP contribution is -2.11. The van der Waals surface area contributed by atoms with E-state index in [1.165, 1.54) is 0 Å². The fourth-order valence-electron chi connectivity index (χ4n) is 3.29. The van der Waals surface area contributed by atoms with Crippen molar-refractivity contribution in [2.45, 2.75) is 12.8 Å². The van der Waals surface area contributed by atoms with Crippen LogP contribution >= 0.6 is 0 Å². The molecule has 0 aliphatic heterocycles. The van der Waals surface area contributed by atoms with Crippen LogP contribution in [0.4, 0.5) is 0 Å². The summed E-state index contributed by atoms with van der Waals surface area (Å²) in [6, 6.07) is 15.7. The fraction of sp³-hybridized carbons (Fsp3) is 0.250. The first-order valence-corrected chi connectivity index (χ1v) is 12.1. The minimum Gasteiger partial charge on any atom is -0.491 e. The van der Waals surface area contributed by atoms with Crippen molar-refractivity contribution >= 4 is 10.8 Å². The Kier molecular flexibility index (Phi) is 7.70. The second kappa shape index (κ2) is 11.3. The van der Waals surface area contributed by atoms with Crippen LogP contribution < -0.4 is 9.47 Å². The molecule has 166 valence electrons. The van der Waals surface area contributed by atoms with Gasteiger partial charge in [0, 0.05) is 47.1 Å². The quantitative estimate of drug-likeness (QED) is 0.305. The summed E-state index contributed by atoms with van der Waals surface area (Å²) in [7, 11) is -0.896. The molecule has 0 saturated carbocycles. The molecule has 4 aromatic rings. The molecule has 0 aliphatic carbocycles. The Hall–Kier alpha value is -3.39. The summed E-state index contributed by atoms with van der Waals surface area (Å²) in [4.78, 5) is 8.17. The Morgan fingerprint density at radius 1 is 0.719 bits per heavy atom. The van der Waals surface area contributed by atoms with Crippen LogP contribution in [0.2, 0.25) is 0 Å². The number of imidazole rings is 2. The lowest BCUT2D eigenvalue weighted by molar-refractivity contribution is 0.315. The van der Waals surface area contributed by atoms with Crippen LogP contribution in [-0.4, -0.2) is 48.0 Å². The fourth-order valence-corrected chi connectivity index (χ4v) is 4.38. The van der Waals surface area contributed by atoms with E-state index in [0.29, 0.717) is 24.7 Å². The first-order valence-electron chi connectivity index (χ1n) is 10.6. The third-order valence-corrected chi connectivity index (χ3v) is 6.33. The predicted molar refractivity (Wildman–Crippen MR) is 125 cm³/mol. The number of para-hydroxylation sites is 4. The monoisotopic (exact) mass is 450 g/mol. The molecule has 0 unspecified atom stereocenters. The number of ether oxygens (including phenoxy) is 2. The van der Waals surface area contributed by atoms with E-state index in [1.807, 2.05) is 70.1 Å². The summed E-state index contributed by atoms with van der Waals surface area (Å²) < 4.78 is 28.0. The second-order valence-corrected chi connectivity index (χ2v) is 8.82. The molecule has 7 nitrogen and oxygen atoms in total. The van der Waals surface area contributed by atoms with Gasteiger partial charge in [0.2, 0.25) is 0 Å². The van der Waals surface area contributed by atoms with E-state index in [2.05, 4.69) is 9.97 Å². The summed E-state index contributed by atoms with van der Waals surface area (Å²) in [5.74, 6) is 2.81. The van der Waals surface area contributed by atoms with Gasteiger partial charge in [-0.1, -0.05) is 24.3 Å². The van der Waals surface area contributed by atoms with Crippen LogP contribution in [0.5, 0.6) is 11.5 Å². The zero-order valence-corrected chi connectivity index (χ0v) is 18.6. The molecule has 0 radical (unpaired) electrons. The van der Waals surface area contributed by atoms with Crippen molar-refractivity contribution < 1.29 is 13.7 Å². The molecular weight excluding hydrogens is 424 g/mol. The first kappa shape index (κ1) is 21.8. The lowest BCUT2D eigenvalue weighted by Gasteiger charge is -2.12. The van der Waals surface area contributed by atoms with E-state index in [0.717, 1.165) is 35.7 Å². The highest BCUT2D eigenvalue weighted by atomic mass is 32.2. The van der Waals surface area contributed by atoms with E-state index in [4.69, 9.17) is 9.47 Å². The second-order valence-electron chi connectivity index (χ2n) is 7.13. The minimum atomic E-state index is -0.896. The molecule has 0 fully saturated rings. The zero-order chi connectivity index (χ0) is 22.0. The van der Waals surface area contributed by atoms with Crippen molar-refractivity contribution in [3.63, 3.8) is 0 Å². The van der Waals surface area contributed by atoms with E-state index in [-0.39, 0.29) is 0 Å². The third kappa shape index (κ3) is 5.85. The highest BCUT2D eigenvalue weighted by Gasteiger charge is 2.07. The van der Waals surface area contributed by atoms with Gasteiger partial charge in [-0.2, -0.15) is 0 Å². The summed E-state index contributed by atoms with van der Waals surface area (Å²) in [6.45, 7) is 1.04. The number of rotatable bonds is 12. The van der Waals surface area contributed by atoms with Gasteiger partial charge in [-0.25, -0.2) is 9.97 Å². The van der Waals surface area contributed by atoms with E-state index in [1.54, 1.807) is 25.0 Å². The first-order chi connectivity index (χ1) is 15.8. The molecular formula is C24H26N4O3S. The molecule has 0 bridgehead atoms. The van der Waals surface area contributed by atoms with Gasteiger partial charge in [0.15, 0.2) is 0 Å². The van der Waals surface area contributed by atoms with E-state index < -0.39 is 10.8 Å². The van der Waals surface area contributed by atoms with Crippen molar-refractivity contribution in [3.05, 3.63) is 86.0 Å². The average molecular weight is 451 g/mol. The Balaban J connectivity index is 1.16. The smallest absolute Gasteiger partial charge is 0.143 e. The third-order valence-electron chi connectivity index (χ3n) is 4.84. The minimum absolute atomic E-state index is 0.520. The lowest BCUT2D eigenvalue weighted by atomic mass is 10.3. The maximum atomic E-state index is 12.3. The van der Waals surface area contributed by atoms with Crippen molar-refractivity contribution in [2.24, 2.45) is 0 Å². The Morgan fingerprint density at radius 2 is 1.19 bits per heavy atom. The van der Waals surface area contributed by atoms with Crippen LogP contribution in [-0.2, 0) is 10.8 Å². The van der Waals surface area contributed by atoms with Gasteiger partial charge in [-0.3, -0.25) is 4.21 Å². The number of hydrogen-bond acceptors (Lipinski definition) is 5. The highest BCUT2D eigenvalue weighted by Crippen LogP contribution is 2.23. The maximum Gasteiger partial charge on any atom is 0.143 e. The Morgan fingerprint density at radius 3 is 1.62 bits per heavy atom. The molecule has 0 atom stereocenters. The van der Waals surface area contributed by atoms with Crippen molar-refractivity contribution in [1.82, 2.24) is 19.1 Å². The number of nitrogens with zero attached hydrogens (tertiary/aromatic N) is 4. The molecule has 2 heterocycles. The van der Waals surface area contributed by atoms with Crippen LogP contribution in [0.15, 0.2) is 86.0 Å². The summed E-state index contributed by atoms with van der Waals surface area (Å²) >= 11 is 0. The standard InChI is InChI=1S/C24H26N4O3S/c29-32(17-5-15-30-23-9-3-1-7-21(23)27-13-11-25-19-27)18-6-16-31-24-10-4-2-8-22(24)28-14-12-26-20-28/h1-4,7-14,19-20H,5-6,15-18H2. The van der Waals surface area contributed by atoms with Gasteiger partial charge in [0.1, 0.15) is 11.5 Å². The largest absolute Gasteiger partial charge is 0.491 e. The van der Waals surface area contributed by atoms with Crippen molar-refractivity contribution in [3.8, 4) is 22.9 Å². The number of hydrogen-bond donors (Lipinski definition) is 0. The Bertz CT molecular complexity index is 1030. The van der Waals surface area contributed by atoms with Crippen LogP contribution in [0, 0.1) is 0 Å². The molecule has 4 rings (SSSR count). The maximum absolute atomic E-state index is 12.3. The van der Waals surface area contributed by atoms with Gasteiger partial charge in [-0.05, 0) is 37.1 Å². The molecule has 2 aromatic carbocycles. The summed E-state index contributed by atoms with van der Waals surface area (Å²) in [6.07, 6.45) is 12.2. The van der Waals surface area contributed by atoms with Crippen molar-refractivity contribution in [1.29, 1.82) is 0 Å². The Labute approximate surface area is 190 Å². The van der Waals surface area contributed by atoms with Crippen LogP contribution in [0.25, 0.3) is 11.4 Å². The van der Waals surface area contributed by atoms with Gasteiger partial charge >= 0.3 is 0 Å². The summed E-state index contributed by atoms with van der Waals surface area (Å²) in [5.41, 5.74) is 1.89. The predicted octanol–water partition coefficient (Wildman–Crippen LogP) is 4.04. The molecule has 0 amide bonds. The topological polar surface area (TPSA) is 71.2 Å². The number of benzene rings is 2. The average Bonchev–Trinajstić information content (AvgIpc) is 3.55. The van der Waals surface area contributed by atoms with E-state index in [9.17, 15) is 4.21 Å².